The smallest absolute Gasteiger partial charge is 0.220 e. The number of halogens is 2. The molecule has 0 saturated heterocycles. The fraction of sp³-hybridized carbons (Fsp3) is 0.727. The number of hydrogen-bond acceptors (Lipinski definition) is 4. The molecule has 19 heavy (non-hydrogen) atoms. The SMILES string of the molecule is Cl.Cl.O=C(CCc1nnn2c1CNCC2)NC1CC1. The van der Waals surface area contributed by atoms with E-state index in [1.807, 2.05) is 4.68 Å². The van der Waals surface area contributed by atoms with Crippen LogP contribution < -0.4 is 10.6 Å². The molecule has 0 atom stereocenters. The number of nitrogens with zero attached hydrogens (tertiary/aromatic N) is 3. The van der Waals surface area contributed by atoms with Crippen LogP contribution in [0, 0.1) is 0 Å². The zero-order valence-corrected chi connectivity index (χ0v) is 12.2. The molecule has 0 radical (unpaired) electrons. The summed E-state index contributed by atoms with van der Waals surface area (Å²) in [5, 5.41) is 14.5. The van der Waals surface area contributed by atoms with Crippen LogP contribution in [0.3, 0.4) is 0 Å². The fourth-order valence-corrected chi connectivity index (χ4v) is 2.09. The Balaban J connectivity index is 0.000000902. The molecule has 1 aromatic rings. The first-order valence-corrected chi connectivity index (χ1v) is 6.24. The quantitative estimate of drug-likeness (QED) is 0.846. The van der Waals surface area contributed by atoms with Gasteiger partial charge < -0.3 is 10.6 Å². The molecule has 2 N–H and O–H groups in total. The molecule has 1 saturated carbocycles. The highest BCUT2D eigenvalue weighted by atomic mass is 35.5. The number of aryl methyl sites for hydroxylation is 1. The number of carbonyl (C=O) groups excluding carboxylic acids is 1. The molecule has 0 aromatic carbocycles. The minimum absolute atomic E-state index is 0. The average molecular weight is 308 g/mol. The van der Waals surface area contributed by atoms with Gasteiger partial charge in [-0.25, -0.2) is 4.68 Å². The molecule has 0 unspecified atom stereocenters. The Morgan fingerprint density at radius 3 is 2.95 bits per heavy atom. The second kappa shape index (κ2) is 7.07. The van der Waals surface area contributed by atoms with Crippen LogP contribution in [0.4, 0.5) is 0 Å². The number of amides is 1. The standard InChI is InChI=1S/C11H17N5O.2ClH/c17-11(13-8-1-2-8)4-3-9-10-7-12-5-6-16(10)15-14-9;;/h8,12H,1-7H2,(H,13,17);2*1H. The maximum atomic E-state index is 11.6. The molecule has 2 heterocycles. The second-order valence-corrected chi connectivity index (χ2v) is 4.72. The maximum absolute atomic E-state index is 11.6. The van der Waals surface area contributed by atoms with Crippen LogP contribution in [-0.2, 0) is 24.3 Å². The van der Waals surface area contributed by atoms with Gasteiger partial charge in [-0.1, -0.05) is 5.21 Å². The summed E-state index contributed by atoms with van der Waals surface area (Å²) in [7, 11) is 0. The molecule has 3 rings (SSSR count). The number of hydrogen-bond donors (Lipinski definition) is 2. The maximum Gasteiger partial charge on any atom is 0.220 e. The Morgan fingerprint density at radius 2 is 2.21 bits per heavy atom. The van der Waals surface area contributed by atoms with Gasteiger partial charge in [0.15, 0.2) is 0 Å². The van der Waals surface area contributed by atoms with Crippen LogP contribution in [0.5, 0.6) is 0 Å². The van der Waals surface area contributed by atoms with Crippen molar-refractivity contribution in [3.8, 4) is 0 Å². The number of nitrogens with one attached hydrogen (secondary N) is 2. The first-order chi connectivity index (χ1) is 8.33. The third-order valence-corrected chi connectivity index (χ3v) is 3.24. The van der Waals surface area contributed by atoms with Crippen molar-refractivity contribution in [2.45, 2.75) is 44.8 Å². The summed E-state index contributed by atoms with van der Waals surface area (Å²) in [5.74, 6) is 0.137. The average Bonchev–Trinajstić information content (AvgIpc) is 3.06. The van der Waals surface area contributed by atoms with Crippen molar-refractivity contribution in [3.63, 3.8) is 0 Å². The van der Waals surface area contributed by atoms with E-state index in [4.69, 9.17) is 0 Å². The van der Waals surface area contributed by atoms with Gasteiger partial charge >= 0.3 is 0 Å². The second-order valence-electron chi connectivity index (χ2n) is 4.72. The summed E-state index contributed by atoms with van der Waals surface area (Å²) in [6, 6.07) is 0.443. The molecule has 1 aromatic heterocycles. The normalized spacial score (nSPS) is 16.8. The highest BCUT2D eigenvalue weighted by Crippen LogP contribution is 2.19. The Bertz CT molecular complexity index is 433. The molecule has 1 aliphatic heterocycles. The van der Waals surface area contributed by atoms with Crippen LogP contribution in [0.1, 0.15) is 30.7 Å². The summed E-state index contributed by atoms with van der Waals surface area (Å²) in [5.41, 5.74) is 2.10. The molecular formula is C11H19Cl2N5O. The Labute approximate surface area is 124 Å². The van der Waals surface area contributed by atoms with Crippen LogP contribution >= 0.6 is 24.8 Å². The summed E-state index contributed by atoms with van der Waals surface area (Å²) in [6.07, 6.45) is 3.48. The van der Waals surface area contributed by atoms with E-state index >= 15 is 0 Å². The van der Waals surface area contributed by atoms with E-state index < -0.39 is 0 Å². The topological polar surface area (TPSA) is 71.8 Å². The molecule has 1 fully saturated rings. The molecule has 108 valence electrons. The largest absolute Gasteiger partial charge is 0.353 e. The van der Waals surface area contributed by atoms with Crippen molar-refractivity contribution in [2.75, 3.05) is 6.54 Å². The van der Waals surface area contributed by atoms with E-state index in [1.54, 1.807) is 0 Å². The summed E-state index contributed by atoms with van der Waals surface area (Å²) >= 11 is 0. The lowest BCUT2D eigenvalue weighted by Gasteiger charge is -2.14. The minimum Gasteiger partial charge on any atom is -0.353 e. The Morgan fingerprint density at radius 1 is 1.42 bits per heavy atom. The van der Waals surface area contributed by atoms with Crippen molar-refractivity contribution in [2.24, 2.45) is 0 Å². The van der Waals surface area contributed by atoms with E-state index in [0.29, 0.717) is 18.9 Å². The Hall–Kier alpha value is -0.850. The van der Waals surface area contributed by atoms with Gasteiger partial charge in [0.05, 0.1) is 17.9 Å². The van der Waals surface area contributed by atoms with E-state index in [0.717, 1.165) is 43.9 Å². The van der Waals surface area contributed by atoms with Crippen molar-refractivity contribution < 1.29 is 4.79 Å². The summed E-state index contributed by atoms with van der Waals surface area (Å²) in [6.45, 7) is 2.63. The first-order valence-electron chi connectivity index (χ1n) is 6.24. The number of fused-ring (bicyclic) bond motifs is 1. The molecule has 0 spiro atoms. The van der Waals surface area contributed by atoms with Crippen LogP contribution in [0.15, 0.2) is 0 Å². The molecule has 0 bridgehead atoms. The van der Waals surface area contributed by atoms with Gasteiger partial charge in [-0.2, -0.15) is 0 Å². The number of rotatable bonds is 4. The van der Waals surface area contributed by atoms with E-state index in [1.165, 1.54) is 0 Å². The molecule has 1 amide bonds. The van der Waals surface area contributed by atoms with Crippen molar-refractivity contribution in [1.29, 1.82) is 0 Å². The van der Waals surface area contributed by atoms with Crippen LogP contribution in [0.25, 0.3) is 0 Å². The predicted octanol–water partition coefficient (Wildman–Crippen LogP) is 0.436. The zero-order valence-electron chi connectivity index (χ0n) is 10.6. The van der Waals surface area contributed by atoms with E-state index in [-0.39, 0.29) is 30.7 Å². The lowest BCUT2D eigenvalue weighted by Crippen LogP contribution is -2.29. The van der Waals surface area contributed by atoms with Crippen LogP contribution in [0.2, 0.25) is 0 Å². The van der Waals surface area contributed by atoms with Gasteiger partial charge in [0.25, 0.3) is 0 Å². The van der Waals surface area contributed by atoms with Crippen LogP contribution in [-0.4, -0.2) is 33.5 Å². The number of carbonyl (C=O) groups is 1. The Kier molecular flexibility index (Phi) is 6.03. The van der Waals surface area contributed by atoms with Gasteiger partial charge in [-0.3, -0.25) is 4.79 Å². The number of aromatic nitrogens is 3. The van der Waals surface area contributed by atoms with Crippen molar-refractivity contribution >= 4 is 30.7 Å². The van der Waals surface area contributed by atoms with Gasteiger partial charge in [0.1, 0.15) is 0 Å². The van der Waals surface area contributed by atoms with E-state index in [9.17, 15) is 4.79 Å². The predicted molar refractivity (Wildman–Crippen MR) is 75.7 cm³/mol. The van der Waals surface area contributed by atoms with Gasteiger partial charge in [0, 0.05) is 32.0 Å². The minimum atomic E-state index is 0. The summed E-state index contributed by atoms with van der Waals surface area (Å²) in [4.78, 5) is 11.6. The molecular weight excluding hydrogens is 289 g/mol. The van der Waals surface area contributed by atoms with Gasteiger partial charge in [0.2, 0.25) is 5.91 Å². The molecule has 2 aliphatic rings. The first kappa shape index (κ1) is 16.2. The monoisotopic (exact) mass is 307 g/mol. The highest BCUT2D eigenvalue weighted by molar-refractivity contribution is 5.85. The highest BCUT2D eigenvalue weighted by Gasteiger charge is 2.23. The molecule has 6 nitrogen and oxygen atoms in total. The summed E-state index contributed by atoms with van der Waals surface area (Å²) < 4.78 is 1.94. The zero-order chi connectivity index (χ0) is 11.7. The van der Waals surface area contributed by atoms with Gasteiger partial charge in [-0.15, -0.1) is 29.9 Å². The lowest BCUT2D eigenvalue weighted by atomic mass is 10.1. The van der Waals surface area contributed by atoms with Crippen molar-refractivity contribution in [1.82, 2.24) is 25.6 Å². The van der Waals surface area contributed by atoms with Crippen molar-refractivity contribution in [3.05, 3.63) is 11.4 Å². The molecule has 8 heteroatoms. The fourth-order valence-electron chi connectivity index (χ4n) is 2.09. The third kappa shape index (κ3) is 4.06. The lowest BCUT2D eigenvalue weighted by molar-refractivity contribution is -0.121. The van der Waals surface area contributed by atoms with Gasteiger partial charge in [-0.05, 0) is 12.8 Å². The van der Waals surface area contributed by atoms with E-state index in [2.05, 4.69) is 20.9 Å². The third-order valence-electron chi connectivity index (χ3n) is 3.24. The molecule has 1 aliphatic carbocycles.